The number of fused-ring (bicyclic) bond motifs is 3. The van der Waals surface area contributed by atoms with Gasteiger partial charge in [0.15, 0.2) is 0 Å². The molecule has 2 aromatic rings. The molecule has 0 atom stereocenters. The van der Waals surface area contributed by atoms with Gasteiger partial charge in [-0.25, -0.2) is 4.98 Å². The number of nitrogens with zero attached hydrogens (tertiary/aromatic N) is 4. The Labute approximate surface area is 126 Å². The summed E-state index contributed by atoms with van der Waals surface area (Å²) in [6.07, 6.45) is 5.39. The number of piperidine rings is 1. The normalized spacial score (nSPS) is 19.9. The van der Waals surface area contributed by atoms with Gasteiger partial charge in [0.2, 0.25) is 5.95 Å². The molecule has 4 nitrogen and oxygen atoms in total. The van der Waals surface area contributed by atoms with Crippen LogP contribution in [0.25, 0.3) is 11.0 Å². The third-order valence-electron chi connectivity index (χ3n) is 4.86. The fourth-order valence-corrected chi connectivity index (χ4v) is 3.70. The number of likely N-dealkylation sites (tertiary alicyclic amines) is 1. The van der Waals surface area contributed by atoms with Gasteiger partial charge < -0.3 is 14.4 Å². The van der Waals surface area contributed by atoms with Crippen LogP contribution in [0.5, 0.6) is 0 Å². The molecule has 1 aromatic carbocycles. The van der Waals surface area contributed by atoms with Crippen molar-refractivity contribution in [2.24, 2.45) is 0 Å². The van der Waals surface area contributed by atoms with Gasteiger partial charge in [-0.2, -0.15) is 0 Å². The van der Waals surface area contributed by atoms with Gasteiger partial charge in [-0.15, -0.1) is 0 Å². The first kappa shape index (κ1) is 13.1. The van der Waals surface area contributed by atoms with E-state index >= 15 is 0 Å². The summed E-state index contributed by atoms with van der Waals surface area (Å²) < 4.78 is 2.40. The van der Waals surface area contributed by atoms with E-state index in [2.05, 4.69) is 38.6 Å². The maximum Gasteiger partial charge on any atom is 0.206 e. The molecule has 0 saturated carbocycles. The summed E-state index contributed by atoms with van der Waals surface area (Å²) >= 11 is 0. The maximum atomic E-state index is 4.87. The molecule has 1 fully saturated rings. The molecule has 1 saturated heterocycles. The Morgan fingerprint density at radius 2 is 1.71 bits per heavy atom. The summed E-state index contributed by atoms with van der Waals surface area (Å²) in [5, 5.41) is 0. The van der Waals surface area contributed by atoms with Gasteiger partial charge in [0.25, 0.3) is 0 Å². The maximum absolute atomic E-state index is 4.87. The lowest BCUT2D eigenvalue weighted by atomic mass is 10.1. The summed E-state index contributed by atoms with van der Waals surface area (Å²) in [5.41, 5.74) is 2.42. The predicted octanol–water partition coefficient (Wildman–Crippen LogP) is 2.73. The van der Waals surface area contributed by atoms with Crippen molar-refractivity contribution in [2.75, 3.05) is 37.6 Å². The number of para-hydroxylation sites is 2. The van der Waals surface area contributed by atoms with Crippen molar-refractivity contribution >= 4 is 17.0 Å². The molecule has 0 bridgehead atoms. The van der Waals surface area contributed by atoms with Crippen molar-refractivity contribution in [1.29, 1.82) is 0 Å². The van der Waals surface area contributed by atoms with Crippen molar-refractivity contribution in [3.8, 4) is 0 Å². The number of hydrogen-bond acceptors (Lipinski definition) is 3. The highest BCUT2D eigenvalue weighted by Crippen LogP contribution is 2.26. The van der Waals surface area contributed by atoms with E-state index < -0.39 is 0 Å². The number of benzene rings is 1. The van der Waals surface area contributed by atoms with E-state index in [-0.39, 0.29) is 0 Å². The highest BCUT2D eigenvalue weighted by Gasteiger charge is 2.21. The van der Waals surface area contributed by atoms with Crippen LogP contribution in [0.3, 0.4) is 0 Å². The van der Waals surface area contributed by atoms with E-state index in [0.29, 0.717) is 0 Å². The van der Waals surface area contributed by atoms with E-state index in [0.717, 1.165) is 25.2 Å². The van der Waals surface area contributed by atoms with Crippen molar-refractivity contribution < 1.29 is 0 Å². The quantitative estimate of drug-likeness (QED) is 0.866. The summed E-state index contributed by atoms with van der Waals surface area (Å²) in [6.45, 7) is 7.12. The molecule has 0 aliphatic carbocycles. The molecule has 2 aliphatic heterocycles. The van der Waals surface area contributed by atoms with Crippen molar-refractivity contribution in [2.45, 2.75) is 32.2 Å². The second kappa shape index (κ2) is 5.68. The fraction of sp³-hybridized carbons (Fsp3) is 0.588. The number of rotatable bonds is 3. The molecule has 1 aromatic heterocycles. The highest BCUT2D eigenvalue weighted by molar-refractivity contribution is 5.79. The van der Waals surface area contributed by atoms with Crippen molar-refractivity contribution in [3.05, 3.63) is 24.3 Å². The zero-order valence-electron chi connectivity index (χ0n) is 12.7. The van der Waals surface area contributed by atoms with Crippen LogP contribution in [-0.4, -0.2) is 47.2 Å². The van der Waals surface area contributed by atoms with E-state index in [9.17, 15) is 0 Å². The lowest BCUT2D eigenvalue weighted by Crippen LogP contribution is -2.40. The van der Waals surface area contributed by atoms with Gasteiger partial charge >= 0.3 is 0 Å². The molecule has 4 rings (SSSR count). The molecule has 4 heteroatoms. The third-order valence-corrected chi connectivity index (χ3v) is 4.86. The first-order chi connectivity index (χ1) is 10.4. The minimum atomic E-state index is 1.11. The molecule has 0 N–H and O–H groups in total. The number of anilines is 1. The zero-order chi connectivity index (χ0) is 14.1. The average molecular weight is 284 g/mol. The van der Waals surface area contributed by atoms with Gasteiger partial charge in [-0.1, -0.05) is 18.6 Å². The Hall–Kier alpha value is -1.55. The van der Waals surface area contributed by atoms with Crippen LogP contribution in [0.15, 0.2) is 24.3 Å². The van der Waals surface area contributed by atoms with Crippen LogP contribution in [0.1, 0.15) is 25.7 Å². The molecular formula is C17H24N4. The Morgan fingerprint density at radius 1 is 0.857 bits per heavy atom. The van der Waals surface area contributed by atoms with E-state index in [1.807, 2.05) is 0 Å². The second-order valence-corrected chi connectivity index (χ2v) is 6.30. The largest absolute Gasteiger partial charge is 0.341 e. The smallest absolute Gasteiger partial charge is 0.206 e. The lowest BCUT2D eigenvalue weighted by Gasteiger charge is -2.33. The molecule has 112 valence electrons. The lowest BCUT2D eigenvalue weighted by molar-refractivity contribution is 0.232. The molecule has 21 heavy (non-hydrogen) atoms. The summed E-state index contributed by atoms with van der Waals surface area (Å²) in [6, 6.07) is 8.52. The molecule has 0 unspecified atom stereocenters. The van der Waals surface area contributed by atoms with Crippen LogP contribution < -0.4 is 4.90 Å². The average Bonchev–Trinajstić information content (AvgIpc) is 2.93. The minimum absolute atomic E-state index is 1.11. The summed E-state index contributed by atoms with van der Waals surface area (Å²) in [4.78, 5) is 9.97. The number of aromatic nitrogens is 2. The summed E-state index contributed by atoms with van der Waals surface area (Å²) in [7, 11) is 0. The number of imidazole rings is 1. The van der Waals surface area contributed by atoms with Crippen molar-refractivity contribution in [3.63, 3.8) is 0 Å². The van der Waals surface area contributed by atoms with Gasteiger partial charge in [0.1, 0.15) is 0 Å². The van der Waals surface area contributed by atoms with Crippen molar-refractivity contribution in [1.82, 2.24) is 14.5 Å². The Bertz CT molecular complexity index is 612. The molecule has 2 aliphatic rings. The van der Waals surface area contributed by atoms with Crippen LogP contribution in [-0.2, 0) is 6.54 Å². The first-order valence-corrected chi connectivity index (χ1v) is 8.34. The SMILES string of the molecule is c1ccc2c(c1)nc1n2CCCN1CCN1CCCCC1. The third kappa shape index (κ3) is 2.53. The predicted molar refractivity (Wildman–Crippen MR) is 86.9 cm³/mol. The minimum Gasteiger partial charge on any atom is -0.341 e. The topological polar surface area (TPSA) is 24.3 Å². The highest BCUT2D eigenvalue weighted by atomic mass is 15.3. The van der Waals surface area contributed by atoms with Gasteiger partial charge in [-0.05, 0) is 44.5 Å². The van der Waals surface area contributed by atoms with Gasteiger partial charge in [-0.3, -0.25) is 0 Å². The molecule has 0 radical (unpaired) electrons. The van der Waals surface area contributed by atoms with Crippen LogP contribution >= 0.6 is 0 Å². The Kier molecular flexibility index (Phi) is 3.55. The Balaban J connectivity index is 1.52. The number of aryl methyl sites for hydroxylation is 1. The van der Waals surface area contributed by atoms with Crippen LogP contribution in [0, 0.1) is 0 Å². The van der Waals surface area contributed by atoms with E-state index in [4.69, 9.17) is 4.98 Å². The Morgan fingerprint density at radius 3 is 2.62 bits per heavy atom. The van der Waals surface area contributed by atoms with Crippen LogP contribution in [0.4, 0.5) is 5.95 Å². The molecular weight excluding hydrogens is 260 g/mol. The first-order valence-electron chi connectivity index (χ1n) is 8.34. The standard InChI is InChI=1S/C17H24N4/c1-4-9-19(10-5-1)13-14-20-11-6-12-21-16-8-3-2-7-15(16)18-17(20)21/h2-3,7-8H,1,4-6,9-14H2. The van der Waals surface area contributed by atoms with Crippen LogP contribution in [0.2, 0.25) is 0 Å². The zero-order valence-corrected chi connectivity index (χ0v) is 12.7. The fourth-order valence-electron chi connectivity index (χ4n) is 3.70. The molecule has 3 heterocycles. The van der Waals surface area contributed by atoms with Gasteiger partial charge in [0.05, 0.1) is 11.0 Å². The molecule has 0 spiro atoms. The monoisotopic (exact) mass is 284 g/mol. The second-order valence-electron chi connectivity index (χ2n) is 6.30. The van der Waals surface area contributed by atoms with E-state index in [1.165, 1.54) is 56.8 Å². The molecule has 0 amide bonds. The van der Waals surface area contributed by atoms with Gasteiger partial charge in [0, 0.05) is 26.2 Å². The summed E-state index contributed by atoms with van der Waals surface area (Å²) in [5.74, 6) is 1.18. The van der Waals surface area contributed by atoms with E-state index in [1.54, 1.807) is 0 Å². The number of hydrogen-bond donors (Lipinski definition) is 0.